The summed E-state index contributed by atoms with van der Waals surface area (Å²) in [4.78, 5) is 0. The molecular formula is C7H16N2O. The van der Waals surface area contributed by atoms with Crippen molar-refractivity contribution in [1.29, 1.82) is 0 Å². The van der Waals surface area contributed by atoms with E-state index in [4.69, 9.17) is 5.11 Å². The maximum atomic E-state index is 8.92. The number of nitrogens with one attached hydrogen (secondary N) is 2. The molecule has 0 amide bonds. The monoisotopic (exact) mass is 144 g/mol. The molecule has 1 rings (SSSR count). The van der Waals surface area contributed by atoms with Crippen LogP contribution in [0.15, 0.2) is 0 Å². The highest BCUT2D eigenvalue weighted by Gasteiger charge is 2.21. The normalized spacial score (nSPS) is 28.8. The van der Waals surface area contributed by atoms with Crippen molar-refractivity contribution in [1.82, 2.24) is 10.6 Å². The molecule has 1 saturated heterocycles. The Kier molecular flexibility index (Phi) is 3.12. The first-order valence-corrected chi connectivity index (χ1v) is 3.93. The van der Waals surface area contributed by atoms with Gasteiger partial charge in [-0.3, -0.25) is 0 Å². The van der Waals surface area contributed by atoms with Crippen LogP contribution in [0.4, 0.5) is 0 Å². The first kappa shape index (κ1) is 7.98. The molecule has 1 aliphatic rings. The van der Waals surface area contributed by atoms with Crippen LogP contribution in [0.25, 0.3) is 0 Å². The van der Waals surface area contributed by atoms with Crippen molar-refractivity contribution in [2.24, 2.45) is 5.92 Å². The van der Waals surface area contributed by atoms with Gasteiger partial charge in [-0.1, -0.05) is 6.92 Å². The maximum Gasteiger partial charge on any atom is 0.0474 e. The van der Waals surface area contributed by atoms with Gasteiger partial charge in [-0.15, -0.1) is 0 Å². The summed E-state index contributed by atoms with van der Waals surface area (Å²) >= 11 is 0. The van der Waals surface area contributed by atoms with Gasteiger partial charge in [0.2, 0.25) is 0 Å². The molecule has 0 aromatic rings. The molecule has 3 N–H and O–H groups in total. The lowest BCUT2D eigenvalue weighted by atomic mass is 9.99. The quantitative estimate of drug-likeness (QED) is 0.501. The molecule has 2 unspecified atom stereocenters. The molecule has 3 nitrogen and oxygen atoms in total. The summed E-state index contributed by atoms with van der Waals surface area (Å²) in [5.41, 5.74) is 0. The van der Waals surface area contributed by atoms with Crippen molar-refractivity contribution in [3.63, 3.8) is 0 Å². The molecule has 60 valence electrons. The molecule has 3 heteroatoms. The van der Waals surface area contributed by atoms with E-state index in [-0.39, 0.29) is 0 Å². The molecule has 0 radical (unpaired) electrons. The summed E-state index contributed by atoms with van der Waals surface area (Å²) in [5, 5.41) is 15.4. The molecule has 10 heavy (non-hydrogen) atoms. The minimum Gasteiger partial charge on any atom is -0.396 e. The Balaban J connectivity index is 2.29. The topological polar surface area (TPSA) is 44.3 Å². The van der Waals surface area contributed by atoms with Crippen molar-refractivity contribution < 1.29 is 5.11 Å². The van der Waals surface area contributed by atoms with Gasteiger partial charge in [-0.2, -0.15) is 0 Å². The van der Waals surface area contributed by atoms with Crippen LogP contribution in [0, 0.1) is 5.92 Å². The van der Waals surface area contributed by atoms with Crippen LogP contribution >= 0.6 is 0 Å². The van der Waals surface area contributed by atoms with Crippen LogP contribution in [0.3, 0.4) is 0 Å². The third kappa shape index (κ3) is 1.68. The number of hydrogen-bond donors (Lipinski definition) is 3. The molecule has 1 aliphatic heterocycles. The minimum atomic E-state index is 0.301. The fraction of sp³-hybridized carbons (Fsp3) is 1.00. The van der Waals surface area contributed by atoms with Crippen LogP contribution in [-0.4, -0.2) is 31.0 Å². The van der Waals surface area contributed by atoms with E-state index in [0.717, 1.165) is 19.6 Å². The molecule has 0 aromatic heterocycles. The molecule has 1 fully saturated rings. The highest BCUT2D eigenvalue weighted by atomic mass is 16.3. The van der Waals surface area contributed by atoms with Gasteiger partial charge in [-0.25, -0.2) is 0 Å². The Hall–Kier alpha value is -0.120. The zero-order valence-corrected chi connectivity index (χ0v) is 6.43. The third-order valence-electron chi connectivity index (χ3n) is 2.18. The van der Waals surface area contributed by atoms with E-state index in [2.05, 4.69) is 17.6 Å². The second kappa shape index (κ2) is 3.91. The van der Waals surface area contributed by atoms with Crippen LogP contribution in [0.2, 0.25) is 0 Å². The minimum absolute atomic E-state index is 0.301. The van der Waals surface area contributed by atoms with E-state index in [1.54, 1.807) is 0 Å². The highest BCUT2D eigenvalue weighted by molar-refractivity contribution is 4.81. The lowest BCUT2D eigenvalue weighted by Crippen LogP contribution is -2.34. The number of rotatable bonds is 3. The van der Waals surface area contributed by atoms with Crippen molar-refractivity contribution in [3.8, 4) is 0 Å². The fourth-order valence-electron chi connectivity index (χ4n) is 1.38. The average Bonchev–Trinajstić information content (AvgIpc) is 2.43. The SMILES string of the molecule is CCC(CO)C1CNCN1. The average molecular weight is 144 g/mol. The van der Waals surface area contributed by atoms with Gasteiger partial charge in [0.15, 0.2) is 0 Å². The van der Waals surface area contributed by atoms with Gasteiger partial charge in [-0.05, 0) is 12.3 Å². The van der Waals surface area contributed by atoms with Crippen molar-refractivity contribution in [3.05, 3.63) is 0 Å². The molecule has 0 saturated carbocycles. The van der Waals surface area contributed by atoms with Gasteiger partial charge in [0, 0.05) is 25.9 Å². The maximum absolute atomic E-state index is 8.92. The number of aliphatic hydroxyl groups is 1. The Morgan fingerprint density at radius 2 is 2.50 bits per heavy atom. The van der Waals surface area contributed by atoms with Gasteiger partial charge in [0.25, 0.3) is 0 Å². The molecule has 1 heterocycles. The summed E-state index contributed by atoms with van der Waals surface area (Å²) in [6.07, 6.45) is 1.05. The van der Waals surface area contributed by atoms with Gasteiger partial charge >= 0.3 is 0 Å². The summed E-state index contributed by atoms with van der Waals surface area (Å²) < 4.78 is 0. The zero-order valence-electron chi connectivity index (χ0n) is 6.43. The van der Waals surface area contributed by atoms with Crippen LogP contribution in [-0.2, 0) is 0 Å². The zero-order chi connectivity index (χ0) is 7.40. The summed E-state index contributed by atoms with van der Waals surface area (Å²) in [7, 11) is 0. The lowest BCUT2D eigenvalue weighted by Gasteiger charge is -2.18. The first-order valence-electron chi connectivity index (χ1n) is 3.93. The standard InChI is InChI=1S/C7H16N2O/c1-2-6(4-10)7-3-8-5-9-7/h6-10H,2-5H2,1H3. The first-order chi connectivity index (χ1) is 4.88. The predicted molar refractivity (Wildman–Crippen MR) is 40.7 cm³/mol. The largest absolute Gasteiger partial charge is 0.396 e. The summed E-state index contributed by atoms with van der Waals surface area (Å²) in [6, 6.07) is 0.481. The second-order valence-corrected chi connectivity index (χ2v) is 2.79. The van der Waals surface area contributed by atoms with Crippen molar-refractivity contribution in [2.75, 3.05) is 19.8 Å². The molecule has 0 spiro atoms. The highest BCUT2D eigenvalue weighted by Crippen LogP contribution is 2.08. The Bertz CT molecular complexity index is 87.6. The van der Waals surface area contributed by atoms with E-state index in [1.165, 1.54) is 0 Å². The smallest absolute Gasteiger partial charge is 0.0474 e. The van der Waals surface area contributed by atoms with Crippen molar-refractivity contribution >= 4 is 0 Å². The summed E-state index contributed by atoms with van der Waals surface area (Å²) in [6.45, 7) is 4.30. The molecule has 0 aromatic carbocycles. The predicted octanol–water partition coefficient (Wildman–Crippen LogP) is -0.476. The van der Waals surface area contributed by atoms with E-state index in [1.807, 2.05) is 0 Å². The van der Waals surface area contributed by atoms with E-state index in [9.17, 15) is 0 Å². The van der Waals surface area contributed by atoms with Gasteiger partial charge in [0.1, 0.15) is 0 Å². The number of aliphatic hydroxyl groups excluding tert-OH is 1. The number of hydrogen-bond acceptors (Lipinski definition) is 3. The Morgan fingerprint density at radius 3 is 2.90 bits per heavy atom. The van der Waals surface area contributed by atoms with E-state index < -0.39 is 0 Å². The second-order valence-electron chi connectivity index (χ2n) is 2.79. The van der Waals surface area contributed by atoms with Crippen LogP contribution in [0.5, 0.6) is 0 Å². The van der Waals surface area contributed by atoms with Gasteiger partial charge < -0.3 is 15.7 Å². The Labute approximate surface area is 61.8 Å². The van der Waals surface area contributed by atoms with Gasteiger partial charge in [0.05, 0.1) is 0 Å². The fourth-order valence-corrected chi connectivity index (χ4v) is 1.38. The van der Waals surface area contributed by atoms with Crippen LogP contribution < -0.4 is 10.6 Å². The van der Waals surface area contributed by atoms with Crippen molar-refractivity contribution in [2.45, 2.75) is 19.4 Å². The van der Waals surface area contributed by atoms with Crippen LogP contribution in [0.1, 0.15) is 13.3 Å². The summed E-state index contributed by atoms with van der Waals surface area (Å²) in [5.74, 6) is 0.426. The third-order valence-corrected chi connectivity index (χ3v) is 2.18. The Morgan fingerprint density at radius 1 is 1.70 bits per heavy atom. The lowest BCUT2D eigenvalue weighted by molar-refractivity contribution is 0.196. The van der Waals surface area contributed by atoms with E-state index >= 15 is 0 Å². The van der Waals surface area contributed by atoms with E-state index in [0.29, 0.717) is 18.6 Å². The molecular weight excluding hydrogens is 128 g/mol. The molecule has 0 aliphatic carbocycles. The molecule has 2 atom stereocenters. The molecule has 0 bridgehead atoms.